The number of hydrogen-bond donors (Lipinski definition) is 2. The molecule has 132 valence electrons. The molecule has 0 aliphatic carbocycles. The first-order valence-corrected chi connectivity index (χ1v) is 8.30. The zero-order chi connectivity index (χ0) is 17.5. The second-order valence-electron chi connectivity index (χ2n) is 5.79. The van der Waals surface area contributed by atoms with E-state index >= 15 is 0 Å². The minimum atomic E-state index is -0.198. The minimum absolute atomic E-state index is 0.173. The molecule has 0 aromatic heterocycles. The van der Waals surface area contributed by atoms with Gasteiger partial charge in [0.05, 0.1) is 7.11 Å². The summed E-state index contributed by atoms with van der Waals surface area (Å²) in [6, 6.07) is 14.6. The predicted octanol–water partition coefficient (Wildman–Crippen LogP) is 3.79. The Morgan fingerprint density at radius 3 is 2.12 bits per heavy atom. The third kappa shape index (κ3) is 5.12. The average molecular weight is 342 g/mol. The van der Waals surface area contributed by atoms with Gasteiger partial charge in [0.15, 0.2) is 0 Å². The first kappa shape index (κ1) is 17.1. The van der Waals surface area contributed by atoms with Gasteiger partial charge in [0, 0.05) is 24.9 Å². The Bertz CT molecular complexity index is 680. The van der Waals surface area contributed by atoms with Crippen LogP contribution < -0.4 is 20.1 Å². The van der Waals surface area contributed by atoms with Crippen molar-refractivity contribution in [1.82, 2.24) is 5.32 Å². The summed E-state index contributed by atoms with van der Waals surface area (Å²) in [6.07, 6.45) is 1.70. The topological polar surface area (TPSA) is 68.8 Å². The molecule has 6 heteroatoms. The van der Waals surface area contributed by atoms with Crippen molar-refractivity contribution in [2.24, 2.45) is 0 Å². The number of carbonyl (C=O) groups is 1. The Morgan fingerprint density at radius 2 is 1.52 bits per heavy atom. The zero-order valence-electron chi connectivity index (χ0n) is 14.2. The molecule has 1 aliphatic heterocycles. The Kier molecular flexibility index (Phi) is 5.74. The van der Waals surface area contributed by atoms with Gasteiger partial charge in [-0.05, 0) is 61.4 Å². The molecule has 0 spiro atoms. The van der Waals surface area contributed by atoms with E-state index in [2.05, 4.69) is 10.6 Å². The van der Waals surface area contributed by atoms with Gasteiger partial charge in [-0.25, -0.2) is 4.79 Å². The standard InChI is InChI=1S/C19H22N2O4/c1-23-16-6-8-18(9-7-16)25-17-4-2-14(3-5-17)20-19(22)21-15-10-12-24-13-11-15/h2-9,15H,10-13H2,1H3,(H2,20,21,22). The molecule has 1 saturated heterocycles. The van der Waals surface area contributed by atoms with E-state index in [0.717, 1.165) is 24.3 Å². The fraction of sp³-hybridized carbons (Fsp3) is 0.316. The van der Waals surface area contributed by atoms with E-state index in [1.54, 1.807) is 7.11 Å². The Balaban J connectivity index is 1.51. The lowest BCUT2D eigenvalue weighted by atomic mass is 10.1. The molecule has 25 heavy (non-hydrogen) atoms. The van der Waals surface area contributed by atoms with Crippen molar-refractivity contribution in [3.63, 3.8) is 0 Å². The summed E-state index contributed by atoms with van der Waals surface area (Å²) in [5.74, 6) is 2.20. The Morgan fingerprint density at radius 1 is 0.960 bits per heavy atom. The van der Waals surface area contributed by atoms with Gasteiger partial charge in [-0.2, -0.15) is 0 Å². The number of anilines is 1. The fourth-order valence-corrected chi connectivity index (χ4v) is 2.58. The van der Waals surface area contributed by atoms with Gasteiger partial charge in [0.2, 0.25) is 0 Å². The summed E-state index contributed by atoms with van der Waals surface area (Å²) in [5, 5.41) is 5.79. The smallest absolute Gasteiger partial charge is 0.319 e. The van der Waals surface area contributed by atoms with Gasteiger partial charge in [0.1, 0.15) is 17.2 Å². The van der Waals surface area contributed by atoms with Gasteiger partial charge >= 0.3 is 6.03 Å². The molecule has 6 nitrogen and oxygen atoms in total. The van der Waals surface area contributed by atoms with Gasteiger partial charge in [-0.3, -0.25) is 0 Å². The summed E-state index contributed by atoms with van der Waals surface area (Å²) in [6.45, 7) is 1.39. The molecule has 3 rings (SSSR count). The normalized spacial score (nSPS) is 14.6. The Hall–Kier alpha value is -2.73. The van der Waals surface area contributed by atoms with E-state index < -0.39 is 0 Å². The quantitative estimate of drug-likeness (QED) is 0.867. The maximum atomic E-state index is 12.0. The van der Waals surface area contributed by atoms with Crippen LogP contribution in [0.15, 0.2) is 48.5 Å². The third-order valence-corrected chi connectivity index (χ3v) is 3.96. The zero-order valence-corrected chi connectivity index (χ0v) is 14.2. The molecule has 1 aliphatic rings. The van der Waals surface area contributed by atoms with Crippen LogP contribution in [-0.4, -0.2) is 32.4 Å². The van der Waals surface area contributed by atoms with E-state index in [0.29, 0.717) is 24.7 Å². The van der Waals surface area contributed by atoms with Crippen molar-refractivity contribution >= 4 is 11.7 Å². The van der Waals surface area contributed by atoms with Crippen molar-refractivity contribution in [2.45, 2.75) is 18.9 Å². The van der Waals surface area contributed by atoms with E-state index in [1.165, 1.54) is 0 Å². The average Bonchev–Trinajstić information content (AvgIpc) is 2.65. The van der Waals surface area contributed by atoms with E-state index in [4.69, 9.17) is 14.2 Å². The molecule has 0 atom stereocenters. The SMILES string of the molecule is COc1ccc(Oc2ccc(NC(=O)NC3CCOCC3)cc2)cc1. The van der Waals surface area contributed by atoms with Crippen molar-refractivity contribution in [3.05, 3.63) is 48.5 Å². The van der Waals surface area contributed by atoms with Gasteiger partial charge < -0.3 is 24.8 Å². The molecular formula is C19H22N2O4. The summed E-state index contributed by atoms with van der Waals surface area (Å²) in [7, 11) is 1.62. The van der Waals surface area contributed by atoms with Crippen LogP contribution in [0.4, 0.5) is 10.5 Å². The number of ether oxygens (including phenoxy) is 3. The number of urea groups is 1. The predicted molar refractivity (Wildman–Crippen MR) is 95.5 cm³/mol. The summed E-state index contributed by atoms with van der Waals surface area (Å²) >= 11 is 0. The number of methoxy groups -OCH3 is 1. The monoisotopic (exact) mass is 342 g/mol. The van der Waals surface area contributed by atoms with Crippen molar-refractivity contribution < 1.29 is 19.0 Å². The van der Waals surface area contributed by atoms with Gasteiger partial charge in [0.25, 0.3) is 0 Å². The highest BCUT2D eigenvalue weighted by atomic mass is 16.5. The van der Waals surface area contributed by atoms with Crippen molar-refractivity contribution in [2.75, 3.05) is 25.6 Å². The minimum Gasteiger partial charge on any atom is -0.497 e. The number of rotatable bonds is 5. The molecular weight excluding hydrogens is 320 g/mol. The van der Waals surface area contributed by atoms with Crippen LogP contribution in [0.3, 0.4) is 0 Å². The molecule has 0 unspecified atom stereocenters. The summed E-state index contributed by atoms with van der Waals surface area (Å²) in [5.41, 5.74) is 0.714. The number of nitrogens with one attached hydrogen (secondary N) is 2. The van der Waals surface area contributed by atoms with Gasteiger partial charge in [-0.1, -0.05) is 0 Å². The van der Waals surface area contributed by atoms with E-state index in [-0.39, 0.29) is 12.1 Å². The maximum Gasteiger partial charge on any atom is 0.319 e. The highest BCUT2D eigenvalue weighted by Crippen LogP contribution is 2.25. The highest BCUT2D eigenvalue weighted by molar-refractivity contribution is 5.89. The summed E-state index contributed by atoms with van der Waals surface area (Å²) in [4.78, 5) is 12.0. The third-order valence-electron chi connectivity index (χ3n) is 3.96. The number of amides is 2. The van der Waals surface area contributed by atoms with Crippen LogP contribution in [0.25, 0.3) is 0 Å². The molecule has 0 bridgehead atoms. The molecule has 0 saturated carbocycles. The van der Waals surface area contributed by atoms with Crippen LogP contribution >= 0.6 is 0 Å². The van der Waals surface area contributed by atoms with E-state index in [1.807, 2.05) is 48.5 Å². The lowest BCUT2D eigenvalue weighted by Gasteiger charge is -2.23. The van der Waals surface area contributed by atoms with E-state index in [9.17, 15) is 4.79 Å². The van der Waals surface area contributed by atoms with Crippen LogP contribution in [0, 0.1) is 0 Å². The lowest BCUT2D eigenvalue weighted by Crippen LogP contribution is -2.41. The second kappa shape index (κ2) is 8.39. The van der Waals surface area contributed by atoms with Gasteiger partial charge in [-0.15, -0.1) is 0 Å². The fourth-order valence-electron chi connectivity index (χ4n) is 2.58. The molecule has 1 heterocycles. The number of benzene rings is 2. The van der Waals surface area contributed by atoms with Crippen molar-refractivity contribution in [1.29, 1.82) is 0 Å². The lowest BCUT2D eigenvalue weighted by molar-refractivity contribution is 0.0806. The molecule has 1 fully saturated rings. The first-order valence-electron chi connectivity index (χ1n) is 8.30. The summed E-state index contributed by atoms with van der Waals surface area (Å²) < 4.78 is 16.2. The maximum absolute atomic E-state index is 12.0. The van der Waals surface area contributed by atoms with Crippen molar-refractivity contribution in [3.8, 4) is 17.2 Å². The number of hydrogen-bond acceptors (Lipinski definition) is 4. The largest absolute Gasteiger partial charge is 0.497 e. The molecule has 2 N–H and O–H groups in total. The molecule has 2 aromatic rings. The van der Waals surface area contributed by atoms with Crippen LogP contribution in [0.2, 0.25) is 0 Å². The van der Waals surface area contributed by atoms with Crippen LogP contribution in [-0.2, 0) is 4.74 Å². The first-order chi connectivity index (χ1) is 12.2. The molecule has 2 aromatic carbocycles. The van der Waals surface area contributed by atoms with Crippen LogP contribution in [0.5, 0.6) is 17.2 Å². The number of carbonyl (C=O) groups excluding carboxylic acids is 1. The molecule has 2 amide bonds. The second-order valence-corrected chi connectivity index (χ2v) is 5.79. The molecule has 0 radical (unpaired) electrons. The highest BCUT2D eigenvalue weighted by Gasteiger charge is 2.15. The van der Waals surface area contributed by atoms with Crippen LogP contribution in [0.1, 0.15) is 12.8 Å². The Labute approximate surface area is 147 Å².